The summed E-state index contributed by atoms with van der Waals surface area (Å²) in [7, 11) is 0. The Balaban J connectivity index is 1.79. The minimum Gasteiger partial charge on any atom is -0.351 e. The van der Waals surface area contributed by atoms with E-state index in [1.54, 1.807) is 11.1 Å². The molecular formula is C14H14N6O. The fourth-order valence-corrected chi connectivity index (χ4v) is 2.78. The molecule has 3 aromatic rings. The van der Waals surface area contributed by atoms with E-state index in [1.165, 1.54) is 0 Å². The third-order valence-corrected chi connectivity index (χ3v) is 3.91. The smallest absolute Gasteiger partial charge is 0.315 e. The maximum Gasteiger partial charge on any atom is 0.315 e. The summed E-state index contributed by atoms with van der Waals surface area (Å²) < 4.78 is 1.95. The van der Waals surface area contributed by atoms with E-state index in [0.717, 1.165) is 34.6 Å². The Kier molecular flexibility index (Phi) is 2.47. The molecule has 3 aromatic heterocycles. The van der Waals surface area contributed by atoms with E-state index < -0.39 is 6.03 Å². The van der Waals surface area contributed by atoms with Crippen molar-refractivity contribution in [2.45, 2.75) is 13.0 Å². The van der Waals surface area contributed by atoms with Crippen molar-refractivity contribution in [3.05, 3.63) is 42.0 Å². The van der Waals surface area contributed by atoms with Gasteiger partial charge in [0.25, 0.3) is 0 Å². The van der Waals surface area contributed by atoms with Crippen LogP contribution in [0.3, 0.4) is 0 Å². The number of urea groups is 1. The van der Waals surface area contributed by atoms with Crippen molar-refractivity contribution < 1.29 is 4.79 Å². The molecule has 7 nitrogen and oxygen atoms in total. The maximum absolute atomic E-state index is 11.4. The van der Waals surface area contributed by atoms with Gasteiger partial charge in [0.15, 0.2) is 0 Å². The number of H-pyrrole nitrogens is 1. The van der Waals surface area contributed by atoms with Gasteiger partial charge in [-0.05, 0) is 12.1 Å². The number of primary amides is 1. The summed E-state index contributed by atoms with van der Waals surface area (Å²) in [6.07, 6.45) is 6.39. The van der Waals surface area contributed by atoms with Crippen LogP contribution < -0.4 is 5.73 Å². The maximum atomic E-state index is 11.4. The van der Waals surface area contributed by atoms with E-state index in [9.17, 15) is 4.79 Å². The number of hydrogen-bond acceptors (Lipinski definition) is 3. The van der Waals surface area contributed by atoms with Crippen LogP contribution in [-0.2, 0) is 13.0 Å². The summed E-state index contributed by atoms with van der Waals surface area (Å²) in [4.78, 5) is 17.2. The summed E-state index contributed by atoms with van der Waals surface area (Å²) >= 11 is 0. The summed E-state index contributed by atoms with van der Waals surface area (Å²) in [5.41, 5.74) is 10.3. The molecule has 0 saturated heterocycles. The molecule has 0 unspecified atom stereocenters. The first kappa shape index (κ1) is 12.0. The summed E-state index contributed by atoms with van der Waals surface area (Å²) in [6.45, 7) is 1.13. The van der Waals surface area contributed by atoms with Crippen molar-refractivity contribution in [1.29, 1.82) is 0 Å². The quantitative estimate of drug-likeness (QED) is 0.701. The van der Waals surface area contributed by atoms with Gasteiger partial charge in [-0.15, -0.1) is 0 Å². The number of hydrogen-bond donors (Lipinski definition) is 2. The first-order valence-electron chi connectivity index (χ1n) is 6.76. The average Bonchev–Trinajstić information content (AvgIpc) is 3.12. The summed E-state index contributed by atoms with van der Waals surface area (Å²) in [6, 6.07) is 3.55. The fourth-order valence-electron chi connectivity index (χ4n) is 2.78. The molecule has 1 aliphatic heterocycles. The number of imidazole rings is 1. The van der Waals surface area contributed by atoms with Crippen LogP contribution in [0.4, 0.5) is 4.79 Å². The van der Waals surface area contributed by atoms with Crippen LogP contribution in [0.15, 0.2) is 30.7 Å². The zero-order chi connectivity index (χ0) is 14.4. The second-order valence-electron chi connectivity index (χ2n) is 5.15. The molecule has 3 N–H and O–H groups in total. The Morgan fingerprint density at radius 3 is 3.14 bits per heavy atom. The lowest BCUT2D eigenvalue weighted by Crippen LogP contribution is -2.39. The van der Waals surface area contributed by atoms with Crippen molar-refractivity contribution in [3.63, 3.8) is 0 Å². The Morgan fingerprint density at radius 1 is 1.38 bits per heavy atom. The standard InChI is InChI=1S/C14H14N6O/c15-14(21)20-5-3-11-10(8-20)13(18-17-11)9-1-2-12-16-4-6-19(12)7-9/h1-2,4,6-7H,3,5,8H2,(H2,15,21)(H,17,18). The highest BCUT2D eigenvalue weighted by atomic mass is 16.2. The molecule has 7 heteroatoms. The number of rotatable bonds is 1. The van der Waals surface area contributed by atoms with Crippen LogP contribution in [0, 0.1) is 0 Å². The van der Waals surface area contributed by atoms with Crippen molar-refractivity contribution in [2.75, 3.05) is 6.54 Å². The van der Waals surface area contributed by atoms with Gasteiger partial charge in [0.2, 0.25) is 0 Å². The number of amides is 2. The van der Waals surface area contributed by atoms with Crippen molar-refractivity contribution in [3.8, 4) is 11.3 Å². The average molecular weight is 282 g/mol. The van der Waals surface area contributed by atoms with Crippen molar-refractivity contribution in [1.82, 2.24) is 24.5 Å². The highest BCUT2D eigenvalue weighted by Gasteiger charge is 2.24. The Labute approximate surface area is 120 Å². The lowest BCUT2D eigenvalue weighted by Gasteiger charge is -2.25. The fraction of sp³-hybridized carbons (Fsp3) is 0.214. The second-order valence-corrected chi connectivity index (χ2v) is 5.15. The minimum absolute atomic E-state index is 0.391. The molecule has 1 aliphatic rings. The molecule has 106 valence electrons. The van der Waals surface area contributed by atoms with Crippen LogP contribution in [0.2, 0.25) is 0 Å². The first-order valence-corrected chi connectivity index (χ1v) is 6.76. The van der Waals surface area contributed by atoms with Gasteiger partial charge in [0.05, 0.1) is 12.2 Å². The molecule has 0 spiro atoms. The third-order valence-electron chi connectivity index (χ3n) is 3.91. The summed E-state index contributed by atoms with van der Waals surface area (Å²) in [5, 5.41) is 7.49. The number of aromatic amines is 1. The monoisotopic (exact) mass is 282 g/mol. The van der Waals surface area contributed by atoms with E-state index in [0.29, 0.717) is 13.1 Å². The van der Waals surface area contributed by atoms with E-state index in [4.69, 9.17) is 5.73 Å². The van der Waals surface area contributed by atoms with Gasteiger partial charge < -0.3 is 15.0 Å². The molecule has 0 aliphatic carbocycles. The zero-order valence-electron chi connectivity index (χ0n) is 11.3. The van der Waals surface area contributed by atoms with Gasteiger partial charge in [-0.3, -0.25) is 5.10 Å². The zero-order valence-corrected chi connectivity index (χ0v) is 11.3. The van der Waals surface area contributed by atoms with Crippen LogP contribution in [0.1, 0.15) is 11.3 Å². The normalized spacial score (nSPS) is 14.4. The third kappa shape index (κ3) is 1.85. The van der Waals surface area contributed by atoms with Crippen LogP contribution >= 0.6 is 0 Å². The van der Waals surface area contributed by atoms with E-state index in [-0.39, 0.29) is 0 Å². The Hall–Kier alpha value is -2.83. The van der Waals surface area contributed by atoms with Gasteiger partial charge in [0.1, 0.15) is 5.65 Å². The van der Waals surface area contributed by atoms with Gasteiger partial charge in [0, 0.05) is 48.4 Å². The van der Waals surface area contributed by atoms with Gasteiger partial charge >= 0.3 is 6.03 Å². The van der Waals surface area contributed by atoms with Crippen LogP contribution in [0.5, 0.6) is 0 Å². The number of carbonyl (C=O) groups excluding carboxylic acids is 1. The predicted molar refractivity (Wildman–Crippen MR) is 76.5 cm³/mol. The number of carbonyl (C=O) groups is 1. The highest BCUT2D eigenvalue weighted by Crippen LogP contribution is 2.28. The molecule has 0 bridgehead atoms. The van der Waals surface area contributed by atoms with Crippen LogP contribution in [0.25, 0.3) is 16.9 Å². The molecule has 4 heterocycles. The molecule has 0 saturated carbocycles. The number of pyridine rings is 1. The number of aromatic nitrogens is 4. The molecule has 0 atom stereocenters. The van der Waals surface area contributed by atoms with E-state index >= 15 is 0 Å². The minimum atomic E-state index is -0.391. The summed E-state index contributed by atoms with van der Waals surface area (Å²) in [5.74, 6) is 0. The molecule has 0 aromatic carbocycles. The van der Waals surface area contributed by atoms with Gasteiger partial charge in [-0.1, -0.05) is 0 Å². The van der Waals surface area contributed by atoms with Crippen LogP contribution in [-0.4, -0.2) is 37.1 Å². The molecular weight excluding hydrogens is 268 g/mol. The lowest BCUT2D eigenvalue weighted by atomic mass is 10.0. The second kappa shape index (κ2) is 4.34. The van der Waals surface area contributed by atoms with E-state index in [2.05, 4.69) is 15.2 Å². The van der Waals surface area contributed by atoms with Gasteiger partial charge in [-0.25, -0.2) is 9.78 Å². The van der Waals surface area contributed by atoms with Gasteiger partial charge in [-0.2, -0.15) is 5.10 Å². The number of nitrogens with two attached hydrogens (primary N) is 1. The Bertz CT molecular complexity index is 833. The largest absolute Gasteiger partial charge is 0.351 e. The SMILES string of the molecule is NC(=O)N1CCc2[nH]nc(-c3ccc4nccn4c3)c2C1. The van der Waals surface area contributed by atoms with Crippen molar-refractivity contribution >= 4 is 11.7 Å². The predicted octanol–water partition coefficient (Wildman–Crippen LogP) is 1.16. The molecule has 0 radical (unpaired) electrons. The molecule has 2 amide bonds. The molecule has 4 rings (SSSR count). The number of nitrogens with zero attached hydrogens (tertiary/aromatic N) is 4. The Morgan fingerprint density at radius 2 is 2.29 bits per heavy atom. The number of nitrogens with one attached hydrogen (secondary N) is 1. The lowest BCUT2D eigenvalue weighted by molar-refractivity contribution is 0.202. The van der Waals surface area contributed by atoms with Crippen molar-refractivity contribution in [2.24, 2.45) is 5.73 Å². The first-order chi connectivity index (χ1) is 10.2. The highest BCUT2D eigenvalue weighted by molar-refractivity contribution is 5.73. The molecule has 21 heavy (non-hydrogen) atoms. The number of fused-ring (bicyclic) bond motifs is 2. The topological polar surface area (TPSA) is 92.3 Å². The molecule has 0 fully saturated rings. The van der Waals surface area contributed by atoms with E-state index in [1.807, 2.05) is 28.9 Å².